The van der Waals surface area contributed by atoms with Crippen LogP contribution in [0.4, 0.5) is 0 Å². The fourth-order valence-electron chi connectivity index (χ4n) is 9.41. The van der Waals surface area contributed by atoms with Crippen LogP contribution in [0.2, 0.25) is 0 Å². The molecular formula is C54H32O. The summed E-state index contributed by atoms with van der Waals surface area (Å²) in [5.41, 5.74) is 9.69. The van der Waals surface area contributed by atoms with Gasteiger partial charge in [-0.15, -0.1) is 0 Å². The van der Waals surface area contributed by atoms with Gasteiger partial charge in [-0.25, -0.2) is 0 Å². The Morgan fingerprint density at radius 1 is 0.255 bits per heavy atom. The zero-order valence-electron chi connectivity index (χ0n) is 29.9. The van der Waals surface area contributed by atoms with Crippen molar-refractivity contribution < 1.29 is 4.74 Å². The molecule has 0 bridgehead atoms. The highest BCUT2D eigenvalue weighted by Crippen LogP contribution is 2.50. The highest BCUT2D eigenvalue weighted by atomic mass is 16.5. The molecule has 11 aromatic rings. The summed E-state index contributed by atoms with van der Waals surface area (Å²) >= 11 is 0. The van der Waals surface area contributed by atoms with E-state index in [9.17, 15) is 0 Å². The standard InChI is InChI=1S/C54H32O/c1-2-17-39-33(12-1)26-27-38-32-48(40-18-3-4-19-41(40)51(38)39)54-44-22-7-5-20-42(44)52(43-21-6-8-23-45(43)54)37-16-9-15-35(30-37)36-28-29-49-47(31-36)46-24-10-13-34-14-11-25-50(55-49)53(34)46/h1-32H. The van der Waals surface area contributed by atoms with E-state index in [1.807, 2.05) is 0 Å². The summed E-state index contributed by atoms with van der Waals surface area (Å²) in [4.78, 5) is 0. The normalized spacial score (nSPS) is 12.1. The minimum atomic E-state index is 0.896. The molecule has 0 saturated carbocycles. The molecule has 1 nitrogen and oxygen atoms in total. The van der Waals surface area contributed by atoms with Crippen molar-refractivity contribution in [3.8, 4) is 56.0 Å². The molecule has 254 valence electrons. The monoisotopic (exact) mass is 696 g/mol. The van der Waals surface area contributed by atoms with Crippen LogP contribution >= 0.6 is 0 Å². The number of rotatable bonds is 3. The molecule has 55 heavy (non-hydrogen) atoms. The molecule has 1 heteroatoms. The van der Waals surface area contributed by atoms with Crippen molar-refractivity contribution in [1.29, 1.82) is 0 Å². The van der Waals surface area contributed by atoms with Gasteiger partial charge in [-0.05, 0) is 129 Å². The quantitative estimate of drug-likeness (QED) is 0.132. The molecule has 1 aliphatic heterocycles. The third-order valence-electron chi connectivity index (χ3n) is 11.8. The van der Waals surface area contributed by atoms with E-state index in [-0.39, 0.29) is 0 Å². The van der Waals surface area contributed by atoms with Gasteiger partial charge in [0.15, 0.2) is 0 Å². The molecule has 0 fully saturated rings. The van der Waals surface area contributed by atoms with Gasteiger partial charge in [0.25, 0.3) is 0 Å². The Hall–Kier alpha value is -7.22. The molecule has 0 aliphatic carbocycles. The third kappa shape index (κ3) is 4.48. The van der Waals surface area contributed by atoms with Gasteiger partial charge >= 0.3 is 0 Å². The van der Waals surface area contributed by atoms with Gasteiger partial charge in [-0.3, -0.25) is 0 Å². The number of hydrogen-bond acceptors (Lipinski definition) is 1. The van der Waals surface area contributed by atoms with Crippen molar-refractivity contribution >= 4 is 64.6 Å². The van der Waals surface area contributed by atoms with Gasteiger partial charge in [0.05, 0.1) is 0 Å². The van der Waals surface area contributed by atoms with Gasteiger partial charge in [0.2, 0.25) is 0 Å². The number of benzene rings is 11. The molecule has 12 rings (SSSR count). The largest absolute Gasteiger partial charge is 0.456 e. The molecule has 0 N–H and O–H groups in total. The lowest BCUT2D eigenvalue weighted by Gasteiger charge is -2.22. The lowest BCUT2D eigenvalue weighted by Crippen LogP contribution is -1.97. The van der Waals surface area contributed by atoms with Gasteiger partial charge in [0.1, 0.15) is 11.5 Å². The van der Waals surface area contributed by atoms with Gasteiger partial charge in [-0.2, -0.15) is 0 Å². The van der Waals surface area contributed by atoms with E-state index < -0.39 is 0 Å². The van der Waals surface area contributed by atoms with Crippen LogP contribution in [0.3, 0.4) is 0 Å². The molecular weight excluding hydrogens is 665 g/mol. The first-order valence-corrected chi connectivity index (χ1v) is 19.0. The van der Waals surface area contributed by atoms with Gasteiger partial charge in [0, 0.05) is 10.9 Å². The smallest absolute Gasteiger partial charge is 0.135 e. The van der Waals surface area contributed by atoms with E-state index >= 15 is 0 Å². The minimum Gasteiger partial charge on any atom is -0.456 e. The first-order valence-electron chi connectivity index (χ1n) is 19.0. The summed E-state index contributed by atoms with van der Waals surface area (Å²) in [5, 5.41) is 15.1. The summed E-state index contributed by atoms with van der Waals surface area (Å²) in [5.74, 6) is 1.82. The predicted octanol–water partition coefficient (Wildman–Crippen LogP) is 15.4. The first kappa shape index (κ1) is 30.3. The molecule has 1 heterocycles. The Morgan fingerprint density at radius 2 is 0.836 bits per heavy atom. The van der Waals surface area contributed by atoms with Crippen LogP contribution in [0.15, 0.2) is 194 Å². The number of ether oxygens (including phenoxy) is 1. The van der Waals surface area contributed by atoms with Crippen LogP contribution in [0.5, 0.6) is 11.5 Å². The predicted molar refractivity (Wildman–Crippen MR) is 233 cm³/mol. The molecule has 11 aromatic carbocycles. The fraction of sp³-hybridized carbons (Fsp3) is 0. The Labute approximate surface area is 318 Å². The highest BCUT2D eigenvalue weighted by Gasteiger charge is 2.22. The Bertz CT molecular complexity index is 3340. The van der Waals surface area contributed by atoms with Gasteiger partial charge < -0.3 is 4.74 Å². The van der Waals surface area contributed by atoms with Crippen LogP contribution in [0.25, 0.3) is 109 Å². The molecule has 1 aliphatic rings. The lowest BCUT2D eigenvalue weighted by molar-refractivity contribution is 0.487. The second-order valence-corrected chi connectivity index (χ2v) is 14.7. The Balaban J connectivity index is 1.08. The molecule has 0 radical (unpaired) electrons. The minimum absolute atomic E-state index is 0.896. The van der Waals surface area contributed by atoms with E-state index in [1.54, 1.807) is 0 Å². The van der Waals surface area contributed by atoms with Crippen LogP contribution in [0.1, 0.15) is 0 Å². The molecule has 0 aromatic heterocycles. The maximum Gasteiger partial charge on any atom is 0.135 e. The van der Waals surface area contributed by atoms with E-state index in [0.717, 1.165) is 17.1 Å². The van der Waals surface area contributed by atoms with Crippen molar-refractivity contribution in [2.45, 2.75) is 0 Å². The Kier molecular flexibility index (Phi) is 6.40. The van der Waals surface area contributed by atoms with E-state index in [4.69, 9.17) is 4.74 Å². The SMILES string of the molecule is c1cc(-c2ccc3c(c2)-c2cccc4cccc(c24)O3)cc(-c2c3ccccc3c(-c3cc4ccc5ccccc5c4c4ccccc34)c3ccccc23)c1. The zero-order chi connectivity index (χ0) is 36.0. The number of hydrogen-bond donors (Lipinski definition) is 0. The Morgan fingerprint density at radius 3 is 1.62 bits per heavy atom. The van der Waals surface area contributed by atoms with Gasteiger partial charge in [-0.1, -0.05) is 164 Å². The van der Waals surface area contributed by atoms with Crippen molar-refractivity contribution in [1.82, 2.24) is 0 Å². The topological polar surface area (TPSA) is 9.23 Å². The average molecular weight is 697 g/mol. The second kappa shape index (κ2) is 11.6. The maximum atomic E-state index is 6.45. The number of fused-ring (bicyclic) bond motifs is 9. The summed E-state index contributed by atoms with van der Waals surface area (Å²) in [6.45, 7) is 0. The maximum absolute atomic E-state index is 6.45. The van der Waals surface area contributed by atoms with Crippen molar-refractivity contribution in [3.63, 3.8) is 0 Å². The van der Waals surface area contributed by atoms with Crippen molar-refractivity contribution in [2.75, 3.05) is 0 Å². The molecule has 0 saturated heterocycles. The molecule has 0 atom stereocenters. The van der Waals surface area contributed by atoms with Crippen LogP contribution in [-0.4, -0.2) is 0 Å². The first-order chi connectivity index (χ1) is 27.3. The van der Waals surface area contributed by atoms with Crippen molar-refractivity contribution in [3.05, 3.63) is 194 Å². The molecule has 0 amide bonds. The lowest BCUT2D eigenvalue weighted by atomic mass is 9.83. The zero-order valence-corrected chi connectivity index (χ0v) is 29.9. The summed E-state index contributed by atoms with van der Waals surface area (Å²) < 4.78 is 6.45. The highest BCUT2D eigenvalue weighted by molar-refractivity contribution is 6.28. The summed E-state index contributed by atoms with van der Waals surface area (Å²) in [6, 6.07) is 71.2. The fourth-order valence-corrected chi connectivity index (χ4v) is 9.41. The second-order valence-electron chi connectivity index (χ2n) is 14.7. The van der Waals surface area contributed by atoms with Crippen LogP contribution < -0.4 is 4.74 Å². The van der Waals surface area contributed by atoms with Crippen LogP contribution in [0, 0.1) is 0 Å². The van der Waals surface area contributed by atoms with E-state index in [0.29, 0.717) is 0 Å². The van der Waals surface area contributed by atoms with Crippen LogP contribution in [-0.2, 0) is 0 Å². The summed E-state index contributed by atoms with van der Waals surface area (Å²) in [7, 11) is 0. The third-order valence-corrected chi connectivity index (χ3v) is 11.8. The van der Waals surface area contributed by atoms with E-state index in [2.05, 4.69) is 194 Å². The molecule has 0 spiro atoms. The van der Waals surface area contributed by atoms with Crippen molar-refractivity contribution in [2.24, 2.45) is 0 Å². The summed E-state index contributed by atoms with van der Waals surface area (Å²) in [6.07, 6.45) is 0. The van der Waals surface area contributed by atoms with E-state index in [1.165, 1.54) is 104 Å². The average Bonchev–Trinajstić information content (AvgIpc) is 3.25. The molecule has 0 unspecified atom stereocenters.